The molecular weight excluding hydrogens is 324 g/mol. The van der Waals surface area contributed by atoms with E-state index in [-0.39, 0.29) is 17.3 Å². The van der Waals surface area contributed by atoms with E-state index in [0.717, 1.165) is 12.1 Å². The number of hydrogen-bond acceptors (Lipinski definition) is 2. The highest BCUT2D eigenvalue weighted by Gasteiger charge is 2.51. The Morgan fingerprint density at radius 2 is 1.79 bits per heavy atom. The normalized spacial score (nSPS) is 16.6. The molecule has 0 atom stereocenters. The Hall–Kier alpha value is -1.50. The van der Waals surface area contributed by atoms with Gasteiger partial charge in [-0.1, -0.05) is 22.4 Å². The van der Waals surface area contributed by atoms with Crippen molar-refractivity contribution in [1.82, 2.24) is 0 Å². The Labute approximate surface area is 115 Å². The molecule has 1 aromatic rings. The molecule has 0 spiro atoms. The van der Waals surface area contributed by atoms with Crippen molar-refractivity contribution in [3.05, 3.63) is 28.2 Å². The van der Waals surface area contributed by atoms with Crippen molar-refractivity contribution in [2.24, 2.45) is 5.41 Å². The molecule has 0 unspecified atom stereocenters. The van der Waals surface area contributed by atoms with Crippen LogP contribution in [0.15, 0.2) is 16.6 Å². The van der Waals surface area contributed by atoms with Gasteiger partial charge in [-0.05, 0) is 25.0 Å². The van der Waals surface area contributed by atoms with Gasteiger partial charge in [0.2, 0.25) is 5.91 Å². The SMILES string of the molecule is O=C(O)C1(C(=O)Nc2c(F)cc(Br)cc2F)CCC1. The Balaban J connectivity index is 2.27. The molecule has 1 amide bonds. The van der Waals surface area contributed by atoms with E-state index in [1.807, 2.05) is 5.32 Å². The highest BCUT2D eigenvalue weighted by Crippen LogP contribution is 2.42. The smallest absolute Gasteiger partial charge is 0.319 e. The summed E-state index contributed by atoms with van der Waals surface area (Å²) < 4.78 is 27.3. The van der Waals surface area contributed by atoms with E-state index >= 15 is 0 Å². The van der Waals surface area contributed by atoms with Crippen molar-refractivity contribution < 1.29 is 23.5 Å². The van der Waals surface area contributed by atoms with E-state index < -0.39 is 34.6 Å². The van der Waals surface area contributed by atoms with Gasteiger partial charge in [0, 0.05) is 4.47 Å². The van der Waals surface area contributed by atoms with Crippen LogP contribution in [0.3, 0.4) is 0 Å². The molecule has 2 N–H and O–H groups in total. The average Bonchev–Trinajstić information content (AvgIpc) is 2.20. The lowest BCUT2D eigenvalue weighted by Gasteiger charge is -2.35. The van der Waals surface area contributed by atoms with Gasteiger partial charge in [0.05, 0.1) is 0 Å². The number of carboxylic acids is 1. The molecule has 1 aliphatic rings. The zero-order valence-electron chi connectivity index (χ0n) is 9.67. The van der Waals surface area contributed by atoms with Crippen molar-refractivity contribution in [1.29, 1.82) is 0 Å². The molecule has 1 fully saturated rings. The van der Waals surface area contributed by atoms with E-state index in [1.165, 1.54) is 0 Å². The molecule has 0 radical (unpaired) electrons. The van der Waals surface area contributed by atoms with Gasteiger partial charge in [0.25, 0.3) is 0 Å². The van der Waals surface area contributed by atoms with Gasteiger partial charge in [-0.25, -0.2) is 8.78 Å². The molecule has 19 heavy (non-hydrogen) atoms. The molecule has 0 bridgehead atoms. The molecule has 0 aliphatic heterocycles. The summed E-state index contributed by atoms with van der Waals surface area (Å²) in [6, 6.07) is 1.99. The molecule has 1 aromatic carbocycles. The standard InChI is InChI=1S/C12H10BrF2NO3/c13-6-4-7(14)9(8(15)5-6)16-10(17)12(11(18)19)2-1-3-12/h4-5H,1-3H2,(H,16,17)(H,18,19). The highest BCUT2D eigenvalue weighted by molar-refractivity contribution is 9.10. The summed E-state index contributed by atoms with van der Waals surface area (Å²) in [6.45, 7) is 0. The fourth-order valence-corrected chi connectivity index (χ4v) is 2.37. The lowest BCUT2D eigenvalue weighted by molar-refractivity contribution is -0.159. The first-order valence-corrected chi connectivity index (χ1v) is 6.35. The number of carbonyl (C=O) groups excluding carboxylic acids is 1. The lowest BCUT2D eigenvalue weighted by atomic mass is 9.68. The Morgan fingerprint density at radius 1 is 1.26 bits per heavy atom. The number of anilines is 1. The largest absolute Gasteiger partial charge is 0.480 e. The molecule has 0 aromatic heterocycles. The monoisotopic (exact) mass is 333 g/mol. The summed E-state index contributed by atoms with van der Waals surface area (Å²) in [7, 11) is 0. The molecule has 0 saturated heterocycles. The van der Waals surface area contributed by atoms with Gasteiger partial charge < -0.3 is 10.4 Å². The van der Waals surface area contributed by atoms with Crippen LogP contribution < -0.4 is 5.32 Å². The fraction of sp³-hybridized carbons (Fsp3) is 0.333. The van der Waals surface area contributed by atoms with Crippen LogP contribution in [0.4, 0.5) is 14.5 Å². The Kier molecular flexibility index (Phi) is 3.58. The van der Waals surface area contributed by atoms with Gasteiger partial charge in [-0.2, -0.15) is 0 Å². The first kappa shape index (κ1) is 13.9. The molecule has 4 nitrogen and oxygen atoms in total. The molecule has 7 heteroatoms. The summed E-state index contributed by atoms with van der Waals surface area (Å²) in [5.74, 6) is -4.07. The predicted octanol–water partition coefficient (Wildman–Crippen LogP) is 2.92. The number of halogens is 3. The maximum absolute atomic E-state index is 13.6. The number of aliphatic carboxylic acids is 1. The number of benzene rings is 1. The van der Waals surface area contributed by atoms with E-state index in [0.29, 0.717) is 6.42 Å². The van der Waals surface area contributed by atoms with E-state index in [2.05, 4.69) is 15.9 Å². The molecule has 2 rings (SSSR count). The molecule has 102 valence electrons. The van der Waals surface area contributed by atoms with Crippen LogP contribution in [0.2, 0.25) is 0 Å². The van der Waals surface area contributed by atoms with Gasteiger partial charge >= 0.3 is 5.97 Å². The Bertz CT molecular complexity index is 535. The minimum absolute atomic E-state index is 0.175. The molecule has 1 aliphatic carbocycles. The van der Waals surface area contributed by atoms with E-state index in [1.54, 1.807) is 0 Å². The summed E-state index contributed by atoms with van der Waals surface area (Å²) in [5.41, 5.74) is -2.19. The van der Waals surface area contributed by atoms with Crippen LogP contribution in [0, 0.1) is 17.0 Å². The molecule has 0 heterocycles. The van der Waals surface area contributed by atoms with Crippen LogP contribution in [0.1, 0.15) is 19.3 Å². The topological polar surface area (TPSA) is 66.4 Å². The summed E-state index contributed by atoms with van der Waals surface area (Å²) >= 11 is 2.91. The average molecular weight is 334 g/mol. The summed E-state index contributed by atoms with van der Waals surface area (Å²) in [6.07, 6.45) is 0.951. The first-order valence-electron chi connectivity index (χ1n) is 5.56. The van der Waals surface area contributed by atoms with Gasteiger partial charge in [0.1, 0.15) is 11.1 Å². The second-order valence-electron chi connectivity index (χ2n) is 4.44. The summed E-state index contributed by atoms with van der Waals surface area (Å²) in [5, 5.41) is 11.1. The van der Waals surface area contributed by atoms with Crippen molar-refractivity contribution in [2.75, 3.05) is 5.32 Å². The van der Waals surface area contributed by atoms with Crippen LogP contribution >= 0.6 is 15.9 Å². The van der Waals surface area contributed by atoms with Crippen molar-refractivity contribution in [3.63, 3.8) is 0 Å². The van der Waals surface area contributed by atoms with E-state index in [9.17, 15) is 18.4 Å². The van der Waals surface area contributed by atoms with Crippen molar-refractivity contribution >= 4 is 33.5 Å². The van der Waals surface area contributed by atoms with Gasteiger partial charge in [-0.15, -0.1) is 0 Å². The third-order valence-corrected chi connectivity index (χ3v) is 3.75. The third-order valence-electron chi connectivity index (χ3n) is 3.30. The first-order chi connectivity index (χ1) is 8.86. The van der Waals surface area contributed by atoms with Crippen LogP contribution in [0.25, 0.3) is 0 Å². The lowest BCUT2D eigenvalue weighted by Crippen LogP contribution is -2.48. The predicted molar refractivity (Wildman–Crippen MR) is 66.6 cm³/mol. The quantitative estimate of drug-likeness (QED) is 0.836. The second-order valence-corrected chi connectivity index (χ2v) is 5.36. The van der Waals surface area contributed by atoms with Gasteiger partial charge in [-0.3, -0.25) is 9.59 Å². The molecule has 1 saturated carbocycles. The number of rotatable bonds is 3. The number of carboxylic acid groups (broad SMARTS) is 1. The third kappa shape index (κ3) is 2.34. The van der Waals surface area contributed by atoms with Crippen LogP contribution in [0.5, 0.6) is 0 Å². The summed E-state index contributed by atoms with van der Waals surface area (Å²) in [4.78, 5) is 23.0. The minimum Gasteiger partial charge on any atom is -0.480 e. The van der Waals surface area contributed by atoms with Crippen LogP contribution in [-0.4, -0.2) is 17.0 Å². The highest BCUT2D eigenvalue weighted by atomic mass is 79.9. The fourth-order valence-electron chi connectivity index (χ4n) is 1.96. The second kappa shape index (κ2) is 4.88. The number of nitrogens with one attached hydrogen (secondary N) is 1. The van der Waals surface area contributed by atoms with Crippen molar-refractivity contribution in [2.45, 2.75) is 19.3 Å². The van der Waals surface area contributed by atoms with E-state index in [4.69, 9.17) is 5.11 Å². The van der Waals surface area contributed by atoms with Crippen molar-refractivity contribution in [3.8, 4) is 0 Å². The zero-order chi connectivity index (χ0) is 14.2. The van der Waals surface area contributed by atoms with Gasteiger partial charge in [0.15, 0.2) is 11.6 Å². The molecular formula is C12H10BrF2NO3. The number of hydrogen-bond donors (Lipinski definition) is 2. The number of amides is 1. The minimum atomic E-state index is -1.56. The maximum Gasteiger partial charge on any atom is 0.319 e. The zero-order valence-corrected chi connectivity index (χ0v) is 11.3. The Morgan fingerprint density at radius 3 is 2.16 bits per heavy atom. The van der Waals surface area contributed by atoms with Crippen LogP contribution in [-0.2, 0) is 9.59 Å². The number of carbonyl (C=O) groups is 2. The maximum atomic E-state index is 13.6.